The Morgan fingerprint density at radius 2 is 1.85 bits per heavy atom. The van der Waals surface area contributed by atoms with Gasteiger partial charge in [-0.15, -0.1) is 0 Å². The quantitative estimate of drug-likeness (QED) is 0.309. The molecule has 2 aromatic carbocycles. The number of benzene rings is 2. The molecule has 0 radical (unpaired) electrons. The van der Waals surface area contributed by atoms with Crippen LogP contribution >= 0.6 is 0 Å². The molecule has 0 spiro atoms. The average Bonchev–Trinajstić information content (AvgIpc) is 2.67. The van der Waals surface area contributed by atoms with Crippen LogP contribution in [0.4, 0.5) is 5.69 Å². The highest BCUT2D eigenvalue weighted by atomic mass is 16.5. The monoisotopic (exact) mass is 367 g/mol. The summed E-state index contributed by atoms with van der Waals surface area (Å²) in [5, 5.41) is 6.49. The highest BCUT2D eigenvalue weighted by Gasteiger charge is 2.09. The van der Waals surface area contributed by atoms with Crippen molar-refractivity contribution in [1.82, 2.24) is 5.43 Å². The molecule has 7 heteroatoms. The first-order valence-corrected chi connectivity index (χ1v) is 8.21. The molecule has 0 saturated heterocycles. The lowest BCUT2D eigenvalue weighted by atomic mass is 10.2. The molecule has 0 fully saturated rings. The van der Waals surface area contributed by atoms with Gasteiger partial charge < -0.3 is 14.8 Å². The number of ether oxygens (including phenoxy) is 2. The van der Waals surface area contributed by atoms with E-state index in [1.807, 2.05) is 12.1 Å². The van der Waals surface area contributed by atoms with Gasteiger partial charge in [0, 0.05) is 11.3 Å². The van der Waals surface area contributed by atoms with Crippen molar-refractivity contribution in [2.75, 3.05) is 19.0 Å². The topological polar surface area (TPSA) is 89.0 Å². The van der Waals surface area contributed by atoms with Crippen LogP contribution in [0.2, 0.25) is 0 Å². The first-order chi connectivity index (χ1) is 13.1. The normalized spacial score (nSPS) is 10.3. The van der Waals surface area contributed by atoms with Crippen LogP contribution in [0.15, 0.2) is 66.3 Å². The molecule has 2 amide bonds. The fraction of sp³-hybridized carbons (Fsp3) is 0.150. The molecule has 0 bridgehead atoms. The Morgan fingerprint density at radius 1 is 1.11 bits per heavy atom. The SMILES string of the molecule is C=CCOc1ccccc1C=NNC(=O)CC(=O)Nc1ccc(OC)cc1. The van der Waals surface area contributed by atoms with Crippen molar-refractivity contribution in [2.24, 2.45) is 5.10 Å². The van der Waals surface area contributed by atoms with E-state index in [9.17, 15) is 9.59 Å². The minimum absolute atomic E-state index is 0.349. The van der Waals surface area contributed by atoms with Crippen LogP contribution in [0.3, 0.4) is 0 Å². The number of nitrogens with one attached hydrogen (secondary N) is 2. The summed E-state index contributed by atoms with van der Waals surface area (Å²) in [6.07, 6.45) is 2.74. The van der Waals surface area contributed by atoms with Gasteiger partial charge in [0.25, 0.3) is 0 Å². The first kappa shape index (κ1) is 19.7. The summed E-state index contributed by atoms with van der Waals surface area (Å²) < 4.78 is 10.5. The van der Waals surface area contributed by atoms with E-state index in [-0.39, 0.29) is 6.42 Å². The maximum absolute atomic E-state index is 11.9. The fourth-order valence-electron chi connectivity index (χ4n) is 2.11. The van der Waals surface area contributed by atoms with Gasteiger partial charge in [0.15, 0.2) is 0 Å². The molecule has 2 aromatic rings. The second kappa shape index (κ2) is 10.4. The zero-order valence-corrected chi connectivity index (χ0v) is 15.0. The van der Waals surface area contributed by atoms with E-state index in [4.69, 9.17) is 9.47 Å². The van der Waals surface area contributed by atoms with Crippen molar-refractivity contribution in [3.8, 4) is 11.5 Å². The van der Waals surface area contributed by atoms with E-state index in [1.165, 1.54) is 6.21 Å². The molecular formula is C20H21N3O4. The number of hydrazone groups is 1. The van der Waals surface area contributed by atoms with Crippen LogP contribution in [0, 0.1) is 0 Å². The van der Waals surface area contributed by atoms with E-state index < -0.39 is 11.8 Å². The summed E-state index contributed by atoms with van der Waals surface area (Å²) in [7, 11) is 1.56. The van der Waals surface area contributed by atoms with Crippen molar-refractivity contribution >= 4 is 23.7 Å². The molecule has 0 saturated carbocycles. The predicted octanol–water partition coefficient (Wildman–Crippen LogP) is 2.74. The van der Waals surface area contributed by atoms with Crippen molar-refractivity contribution in [2.45, 2.75) is 6.42 Å². The summed E-state index contributed by atoms with van der Waals surface area (Å²) in [5.74, 6) is 0.328. The van der Waals surface area contributed by atoms with Crippen LogP contribution in [0.25, 0.3) is 0 Å². The van der Waals surface area contributed by atoms with Gasteiger partial charge in [-0.1, -0.05) is 24.8 Å². The zero-order valence-electron chi connectivity index (χ0n) is 15.0. The second-order valence-corrected chi connectivity index (χ2v) is 5.38. The minimum Gasteiger partial charge on any atom is -0.497 e. The van der Waals surface area contributed by atoms with Crippen molar-refractivity contribution in [1.29, 1.82) is 0 Å². The summed E-state index contributed by atoms with van der Waals surface area (Å²) >= 11 is 0. The van der Waals surface area contributed by atoms with E-state index in [0.717, 1.165) is 0 Å². The lowest BCUT2D eigenvalue weighted by molar-refractivity contribution is -0.126. The Bertz CT molecular complexity index is 816. The zero-order chi connectivity index (χ0) is 19.5. The third-order valence-electron chi connectivity index (χ3n) is 3.36. The van der Waals surface area contributed by atoms with Gasteiger partial charge in [-0.3, -0.25) is 9.59 Å². The lowest BCUT2D eigenvalue weighted by Gasteiger charge is -2.07. The molecule has 0 unspecified atom stereocenters. The Balaban J connectivity index is 1.83. The maximum atomic E-state index is 11.9. The van der Waals surface area contributed by atoms with Gasteiger partial charge in [0.1, 0.15) is 24.5 Å². The van der Waals surface area contributed by atoms with Crippen LogP contribution in [-0.4, -0.2) is 31.7 Å². The number of hydrogen-bond donors (Lipinski definition) is 2. The summed E-state index contributed by atoms with van der Waals surface area (Å²) in [6.45, 7) is 3.96. The van der Waals surface area contributed by atoms with Gasteiger partial charge >= 0.3 is 0 Å². The van der Waals surface area contributed by atoms with Gasteiger partial charge in [0.2, 0.25) is 11.8 Å². The number of amides is 2. The average molecular weight is 367 g/mol. The van der Waals surface area contributed by atoms with Gasteiger partial charge in [-0.2, -0.15) is 5.10 Å². The third kappa shape index (κ3) is 6.66. The van der Waals surface area contributed by atoms with Gasteiger partial charge in [-0.05, 0) is 36.4 Å². The van der Waals surface area contributed by atoms with Crippen molar-refractivity contribution < 1.29 is 19.1 Å². The molecular weight excluding hydrogens is 346 g/mol. The fourth-order valence-corrected chi connectivity index (χ4v) is 2.11. The number of carbonyl (C=O) groups is 2. The maximum Gasteiger partial charge on any atom is 0.249 e. The van der Waals surface area contributed by atoms with Gasteiger partial charge in [-0.25, -0.2) is 5.43 Å². The van der Waals surface area contributed by atoms with E-state index >= 15 is 0 Å². The molecule has 0 aromatic heterocycles. The number of methoxy groups -OCH3 is 1. The van der Waals surface area contributed by atoms with E-state index in [1.54, 1.807) is 49.6 Å². The largest absolute Gasteiger partial charge is 0.497 e. The molecule has 0 atom stereocenters. The molecule has 0 aliphatic carbocycles. The summed E-state index contributed by atoms with van der Waals surface area (Å²) in [6, 6.07) is 14.0. The van der Waals surface area contributed by atoms with Gasteiger partial charge in [0.05, 0.1) is 13.3 Å². The standard InChI is InChI=1S/C20H21N3O4/c1-3-12-27-18-7-5-4-6-15(18)14-21-23-20(25)13-19(24)22-16-8-10-17(26-2)11-9-16/h3-11,14H,1,12-13H2,2H3,(H,22,24)(H,23,25). The molecule has 2 rings (SSSR count). The molecule has 140 valence electrons. The van der Waals surface area contributed by atoms with E-state index in [0.29, 0.717) is 29.4 Å². The van der Waals surface area contributed by atoms with Crippen LogP contribution in [0.5, 0.6) is 11.5 Å². The van der Waals surface area contributed by atoms with Crippen LogP contribution in [0.1, 0.15) is 12.0 Å². The number of rotatable bonds is 9. The molecule has 0 aliphatic rings. The summed E-state index contributed by atoms with van der Waals surface area (Å²) in [4.78, 5) is 23.7. The predicted molar refractivity (Wildman–Crippen MR) is 104 cm³/mol. The number of anilines is 1. The molecule has 27 heavy (non-hydrogen) atoms. The minimum atomic E-state index is -0.526. The molecule has 7 nitrogen and oxygen atoms in total. The van der Waals surface area contributed by atoms with Crippen molar-refractivity contribution in [3.05, 3.63) is 66.7 Å². The Kier molecular flexibility index (Phi) is 7.59. The second-order valence-electron chi connectivity index (χ2n) is 5.38. The smallest absolute Gasteiger partial charge is 0.249 e. The Hall–Kier alpha value is -3.61. The number of hydrogen-bond acceptors (Lipinski definition) is 5. The lowest BCUT2D eigenvalue weighted by Crippen LogP contribution is -2.24. The highest BCUT2D eigenvalue weighted by Crippen LogP contribution is 2.16. The highest BCUT2D eigenvalue weighted by molar-refractivity contribution is 6.03. The Morgan fingerprint density at radius 3 is 2.56 bits per heavy atom. The summed E-state index contributed by atoms with van der Waals surface area (Å²) in [5.41, 5.74) is 3.59. The Labute approximate surface area is 157 Å². The number of para-hydroxylation sites is 1. The van der Waals surface area contributed by atoms with Crippen LogP contribution < -0.4 is 20.2 Å². The molecule has 0 aliphatic heterocycles. The number of nitrogens with zero attached hydrogens (tertiary/aromatic N) is 1. The van der Waals surface area contributed by atoms with E-state index in [2.05, 4.69) is 22.4 Å². The van der Waals surface area contributed by atoms with Crippen molar-refractivity contribution in [3.63, 3.8) is 0 Å². The molecule has 2 N–H and O–H groups in total. The molecule has 0 heterocycles. The van der Waals surface area contributed by atoms with Crippen LogP contribution in [-0.2, 0) is 9.59 Å². The number of carbonyl (C=O) groups excluding carboxylic acids is 2. The first-order valence-electron chi connectivity index (χ1n) is 8.21. The third-order valence-corrected chi connectivity index (χ3v) is 3.36.